The van der Waals surface area contributed by atoms with Gasteiger partial charge in [-0.15, -0.1) is 15.3 Å². The summed E-state index contributed by atoms with van der Waals surface area (Å²) in [5.41, 5.74) is 1.45. The third kappa shape index (κ3) is 2.40. The first kappa shape index (κ1) is 15.9. The molecule has 4 heterocycles. The Hall–Kier alpha value is -3.29. The molecule has 0 amide bonds. The summed E-state index contributed by atoms with van der Waals surface area (Å²) in [6, 6.07) is 11.4. The molecule has 3 aromatic heterocycles. The molecule has 1 unspecified atom stereocenters. The Morgan fingerprint density at radius 3 is 2.85 bits per heavy atom. The van der Waals surface area contributed by atoms with Crippen LogP contribution in [-0.4, -0.2) is 35.9 Å². The second-order valence-electron chi connectivity index (χ2n) is 6.91. The van der Waals surface area contributed by atoms with Gasteiger partial charge in [0.1, 0.15) is 11.6 Å². The molecule has 1 atom stereocenters. The van der Waals surface area contributed by atoms with Crippen LogP contribution < -0.4 is 10.5 Å². The molecule has 1 saturated heterocycles. The van der Waals surface area contributed by atoms with Gasteiger partial charge in [0.05, 0.1) is 16.9 Å². The molecule has 0 aliphatic carbocycles. The Bertz CT molecular complexity index is 1230. The highest BCUT2D eigenvalue weighted by Crippen LogP contribution is 2.34. The zero-order chi connectivity index (χ0) is 18.5. The zero-order valence-electron chi connectivity index (χ0n) is 15.2. The van der Waals surface area contributed by atoms with Crippen molar-refractivity contribution in [3.05, 3.63) is 58.4 Å². The molecule has 8 nitrogen and oxygen atoms in total. The molecule has 1 fully saturated rings. The van der Waals surface area contributed by atoms with E-state index >= 15 is 0 Å². The van der Waals surface area contributed by atoms with E-state index in [2.05, 4.69) is 15.1 Å². The van der Waals surface area contributed by atoms with E-state index in [1.54, 1.807) is 16.1 Å². The van der Waals surface area contributed by atoms with Gasteiger partial charge in [0.15, 0.2) is 11.5 Å². The van der Waals surface area contributed by atoms with Crippen molar-refractivity contribution in [2.45, 2.75) is 25.8 Å². The van der Waals surface area contributed by atoms with Gasteiger partial charge in [0, 0.05) is 13.6 Å². The molecule has 0 bridgehead atoms. The molecule has 5 rings (SSSR count). The second kappa shape index (κ2) is 5.87. The third-order valence-electron chi connectivity index (χ3n) is 5.27. The second-order valence-corrected chi connectivity index (χ2v) is 6.91. The molecular weight excluding hydrogens is 342 g/mol. The minimum atomic E-state index is -0.0134. The van der Waals surface area contributed by atoms with Crippen molar-refractivity contribution in [2.75, 3.05) is 11.4 Å². The topological polar surface area (TPSA) is 81.2 Å². The molecular formula is C19H19N7O. The summed E-state index contributed by atoms with van der Waals surface area (Å²) < 4.78 is 3.42. The smallest absolute Gasteiger partial charge is 0.261 e. The van der Waals surface area contributed by atoms with Crippen molar-refractivity contribution in [1.29, 1.82) is 0 Å². The molecule has 8 heteroatoms. The first-order valence-electron chi connectivity index (χ1n) is 9.05. The maximum atomic E-state index is 12.8. The molecule has 1 aliphatic rings. The van der Waals surface area contributed by atoms with Gasteiger partial charge in [-0.25, -0.2) is 4.98 Å². The molecule has 0 N–H and O–H groups in total. The SMILES string of the molecule is Cc1nnc2ccc(N3CCCC3c3nc4ccccc4c(=O)n3C)nn12. The fraction of sp³-hybridized carbons (Fsp3) is 0.316. The van der Waals surface area contributed by atoms with E-state index in [4.69, 9.17) is 10.1 Å². The van der Waals surface area contributed by atoms with Gasteiger partial charge in [-0.05, 0) is 44.0 Å². The van der Waals surface area contributed by atoms with Crippen LogP contribution in [0.4, 0.5) is 5.82 Å². The number of nitrogens with zero attached hydrogens (tertiary/aromatic N) is 7. The molecule has 27 heavy (non-hydrogen) atoms. The highest BCUT2D eigenvalue weighted by atomic mass is 16.1. The largest absolute Gasteiger partial charge is 0.345 e. The average molecular weight is 361 g/mol. The number of hydrogen-bond acceptors (Lipinski definition) is 6. The van der Waals surface area contributed by atoms with E-state index in [9.17, 15) is 4.79 Å². The normalized spacial score (nSPS) is 17.3. The first-order chi connectivity index (χ1) is 13.1. The number of para-hydroxylation sites is 1. The number of anilines is 1. The summed E-state index contributed by atoms with van der Waals surface area (Å²) in [4.78, 5) is 19.8. The highest BCUT2D eigenvalue weighted by molar-refractivity contribution is 5.77. The van der Waals surface area contributed by atoms with Gasteiger partial charge in [-0.3, -0.25) is 9.36 Å². The number of aryl methyl sites for hydroxylation is 1. The Morgan fingerprint density at radius 1 is 1.11 bits per heavy atom. The van der Waals surface area contributed by atoms with E-state index in [0.29, 0.717) is 5.39 Å². The standard InChI is InChI=1S/C19H19N7O/c1-12-21-22-16-9-10-17(23-26(12)16)25-11-5-8-15(25)18-20-14-7-4-3-6-13(14)19(27)24(18)2/h3-4,6-7,9-10,15H,5,8,11H2,1-2H3. The van der Waals surface area contributed by atoms with Crippen molar-refractivity contribution >= 4 is 22.4 Å². The van der Waals surface area contributed by atoms with E-state index in [-0.39, 0.29) is 11.6 Å². The Kier molecular flexibility index (Phi) is 3.46. The van der Waals surface area contributed by atoms with Crippen LogP contribution in [0, 0.1) is 6.92 Å². The summed E-state index contributed by atoms with van der Waals surface area (Å²) in [5.74, 6) is 2.37. The lowest BCUT2D eigenvalue weighted by Gasteiger charge is -2.26. The number of benzene rings is 1. The van der Waals surface area contributed by atoms with Gasteiger partial charge in [0.25, 0.3) is 5.56 Å². The van der Waals surface area contributed by atoms with Gasteiger partial charge in [0.2, 0.25) is 0 Å². The maximum Gasteiger partial charge on any atom is 0.261 e. The lowest BCUT2D eigenvalue weighted by Crippen LogP contribution is -2.31. The molecule has 4 aromatic rings. The van der Waals surface area contributed by atoms with Crippen LogP contribution in [0.1, 0.15) is 30.5 Å². The van der Waals surface area contributed by atoms with Gasteiger partial charge in [-0.2, -0.15) is 4.52 Å². The molecule has 1 aliphatic heterocycles. The van der Waals surface area contributed by atoms with E-state index < -0.39 is 0 Å². The lowest BCUT2D eigenvalue weighted by molar-refractivity contribution is 0.604. The summed E-state index contributed by atoms with van der Waals surface area (Å²) >= 11 is 0. The van der Waals surface area contributed by atoms with Crippen LogP contribution in [0.3, 0.4) is 0 Å². The molecule has 0 saturated carbocycles. The molecule has 0 radical (unpaired) electrons. The van der Waals surface area contributed by atoms with Crippen LogP contribution in [0.15, 0.2) is 41.2 Å². The molecule has 136 valence electrons. The highest BCUT2D eigenvalue weighted by Gasteiger charge is 2.31. The third-order valence-corrected chi connectivity index (χ3v) is 5.27. The van der Waals surface area contributed by atoms with Crippen LogP contribution in [-0.2, 0) is 7.05 Å². The predicted molar refractivity (Wildman–Crippen MR) is 102 cm³/mol. The monoisotopic (exact) mass is 361 g/mol. The van der Waals surface area contributed by atoms with E-state index in [1.165, 1.54) is 0 Å². The first-order valence-corrected chi connectivity index (χ1v) is 9.05. The minimum Gasteiger partial charge on any atom is -0.345 e. The average Bonchev–Trinajstić information content (AvgIpc) is 3.32. The Labute approximate surface area is 155 Å². The van der Waals surface area contributed by atoms with Crippen molar-refractivity contribution < 1.29 is 0 Å². The number of hydrogen-bond donors (Lipinski definition) is 0. The van der Waals surface area contributed by atoms with Crippen LogP contribution in [0.2, 0.25) is 0 Å². The summed E-state index contributed by atoms with van der Waals surface area (Å²) in [5, 5.41) is 13.5. The minimum absolute atomic E-state index is 0.00837. The number of fused-ring (bicyclic) bond motifs is 2. The Morgan fingerprint density at radius 2 is 1.96 bits per heavy atom. The fourth-order valence-electron chi connectivity index (χ4n) is 3.88. The number of rotatable bonds is 2. The van der Waals surface area contributed by atoms with E-state index in [0.717, 1.165) is 48.0 Å². The maximum absolute atomic E-state index is 12.8. The summed E-state index contributed by atoms with van der Waals surface area (Å²) in [7, 11) is 1.80. The van der Waals surface area contributed by atoms with E-state index in [1.807, 2.05) is 43.3 Å². The van der Waals surface area contributed by atoms with Crippen molar-refractivity contribution in [1.82, 2.24) is 29.4 Å². The lowest BCUT2D eigenvalue weighted by atomic mass is 10.1. The van der Waals surface area contributed by atoms with Gasteiger partial charge < -0.3 is 4.90 Å². The van der Waals surface area contributed by atoms with Gasteiger partial charge >= 0.3 is 0 Å². The predicted octanol–water partition coefficient (Wildman–Crippen LogP) is 2.02. The van der Waals surface area contributed by atoms with Crippen molar-refractivity contribution in [2.24, 2.45) is 7.05 Å². The van der Waals surface area contributed by atoms with Crippen molar-refractivity contribution in [3.8, 4) is 0 Å². The van der Waals surface area contributed by atoms with Crippen LogP contribution in [0.25, 0.3) is 16.6 Å². The van der Waals surface area contributed by atoms with Crippen LogP contribution in [0.5, 0.6) is 0 Å². The molecule has 0 spiro atoms. The summed E-state index contributed by atoms with van der Waals surface area (Å²) in [6.07, 6.45) is 1.95. The summed E-state index contributed by atoms with van der Waals surface area (Å²) in [6.45, 7) is 2.75. The quantitative estimate of drug-likeness (QED) is 0.543. The Balaban J connectivity index is 1.64. The van der Waals surface area contributed by atoms with Crippen LogP contribution >= 0.6 is 0 Å². The number of aromatic nitrogens is 6. The zero-order valence-corrected chi connectivity index (χ0v) is 15.2. The fourth-order valence-corrected chi connectivity index (χ4v) is 3.88. The van der Waals surface area contributed by atoms with Crippen molar-refractivity contribution in [3.63, 3.8) is 0 Å². The van der Waals surface area contributed by atoms with Gasteiger partial charge in [-0.1, -0.05) is 12.1 Å². The molecule has 1 aromatic carbocycles.